The van der Waals surface area contributed by atoms with E-state index in [4.69, 9.17) is 5.84 Å². The Hall–Kier alpha value is -1.10. The van der Waals surface area contributed by atoms with Crippen LogP contribution in [0.25, 0.3) is 10.9 Å². The zero-order valence-electron chi connectivity index (χ0n) is 9.18. The third-order valence-corrected chi connectivity index (χ3v) is 3.24. The van der Waals surface area contributed by atoms with Gasteiger partial charge in [0.15, 0.2) is 0 Å². The molecule has 0 aliphatic heterocycles. The number of aromatic nitrogens is 1. The zero-order valence-corrected chi connectivity index (χ0v) is 10.00. The fraction of sp³-hybridized carbons (Fsp3) is 0.250. The molecular formula is C12H15N3S. The van der Waals surface area contributed by atoms with Crippen LogP contribution < -0.4 is 11.3 Å². The van der Waals surface area contributed by atoms with Gasteiger partial charge in [-0.05, 0) is 17.9 Å². The molecule has 1 heterocycles. The maximum Gasteiger partial charge on any atom is 0.0750 e. The van der Waals surface area contributed by atoms with Crippen molar-refractivity contribution in [2.24, 2.45) is 5.84 Å². The van der Waals surface area contributed by atoms with Gasteiger partial charge < -0.3 is 0 Å². The Balaban J connectivity index is 2.50. The van der Waals surface area contributed by atoms with E-state index in [0.717, 1.165) is 22.2 Å². The van der Waals surface area contributed by atoms with Crippen molar-refractivity contribution in [2.75, 3.05) is 12.0 Å². The highest BCUT2D eigenvalue weighted by Gasteiger charge is 2.12. The van der Waals surface area contributed by atoms with Gasteiger partial charge in [-0.1, -0.05) is 24.3 Å². The first kappa shape index (κ1) is 11.4. The molecule has 3 N–H and O–H groups in total. The number of rotatable bonds is 4. The monoisotopic (exact) mass is 233 g/mol. The van der Waals surface area contributed by atoms with Gasteiger partial charge in [0.25, 0.3) is 0 Å². The van der Waals surface area contributed by atoms with E-state index < -0.39 is 0 Å². The van der Waals surface area contributed by atoms with E-state index in [2.05, 4.69) is 34.9 Å². The lowest BCUT2D eigenvalue weighted by atomic mass is 10.0. The summed E-state index contributed by atoms with van der Waals surface area (Å²) in [5, 5.41) is 1.15. The number of hydrogen-bond donors (Lipinski definition) is 2. The number of hydrogen-bond acceptors (Lipinski definition) is 4. The molecule has 0 spiro atoms. The highest BCUT2D eigenvalue weighted by atomic mass is 32.2. The van der Waals surface area contributed by atoms with Crippen LogP contribution in [0, 0.1) is 0 Å². The standard InChI is InChI=1S/C12H15N3S/c1-16-8-11(15-13)10-6-2-4-9-5-3-7-14-12(9)10/h2-7,11,15H,8,13H2,1H3. The molecule has 0 saturated carbocycles. The number of nitrogens with two attached hydrogens (primary N) is 1. The van der Waals surface area contributed by atoms with Gasteiger partial charge in [0, 0.05) is 17.3 Å². The second-order valence-electron chi connectivity index (χ2n) is 3.60. The van der Waals surface area contributed by atoms with Gasteiger partial charge in [0.05, 0.1) is 11.6 Å². The largest absolute Gasteiger partial charge is 0.271 e. The summed E-state index contributed by atoms with van der Waals surface area (Å²) < 4.78 is 0. The van der Waals surface area contributed by atoms with E-state index in [1.807, 2.05) is 18.3 Å². The Morgan fingerprint density at radius 3 is 2.94 bits per heavy atom. The van der Waals surface area contributed by atoms with Crippen molar-refractivity contribution in [3.05, 3.63) is 42.1 Å². The van der Waals surface area contributed by atoms with Crippen LogP contribution in [0.15, 0.2) is 36.5 Å². The minimum atomic E-state index is 0.147. The van der Waals surface area contributed by atoms with Crippen LogP contribution in [-0.2, 0) is 0 Å². The highest BCUT2D eigenvalue weighted by molar-refractivity contribution is 7.98. The van der Waals surface area contributed by atoms with E-state index in [-0.39, 0.29) is 6.04 Å². The third kappa shape index (κ3) is 2.19. The Labute approximate surface area is 99.4 Å². The number of benzene rings is 1. The number of nitrogens with zero attached hydrogens (tertiary/aromatic N) is 1. The fourth-order valence-corrected chi connectivity index (χ4v) is 2.41. The van der Waals surface area contributed by atoms with Gasteiger partial charge in [0.1, 0.15) is 0 Å². The van der Waals surface area contributed by atoms with Crippen LogP contribution >= 0.6 is 11.8 Å². The molecular weight excluding hydrogens is 218 g/mol. The first-order valence-corrected chi connectivity index (χ1v) is 6.55. The van der Waals surface area contributed by atoms with Crippen LogP contribution in [0.3, 0.4) is 0 Å². The van der Waals surface area contributed by atoms with Crippen molar-refractivity contribution in [3.8, 4) is 0 Å². The maximum absolute atomic E-state index is 5.59. The summed E-state index contributed by atoms with van der Waals surface area (Å²) in [7, 11) is 0. The summed E-state index contributed by atoms with van der Waals surface area (Å²) in [6.45, 7) is 0. The molecule has 0 fully saturated rings. The Kier molecular flexibility index (Phi) is 3.77. The minimum absolute atomic E-state index is 0.147. The molecule has 1 atom stereocenters. The van der Waals surface area contributed by atoms with Crippen molar-refractivity contribution in [3.63, 3.8) is 0 Å². The predicted molar refractivity (Wildman–Crippen MR) is 70.2 cm³/mol. The van der Waals surface area contributed by atoms with Gasteiger partial charge in [0.2, 0.25) is 0 Å². The molecule has 1 aromatic heterocycles. The van der Waals surface area contributed by atoms with E-state index >= 15 is 0 Å². The third-order valence-electron chi connectivity index (χ3n) is 2.57. The van der Waals surface area contributed by atoms with Gasteiger partial charge in [-0.2, -0.15) is 11.8 Å². The minimum Gasteiger partial charge on any atom is -0.271 e. The smallest absolute Gasteiger partial charge is 0.0750 e. The molecule has 1 unspecified atom stereocenters. The molecule has 4 heteroatoms. The van der Waals surface area contributed by atoms with E-state index in [1.165, 1.54) is 0 Å². The summed E-state index contributed by atoms with van der Waals surface area (Å²) in [5.41, 5.74) is 5.04. The summed E-state index contributed by atoms with van der Waals surface area (Å²) >= 11 is 1.77. The number of fused-ring (bicyclic) bond motifs is 1. The van der Waals surface area contributed by atoms with Crippen LogP contribution in [0.5, 0.6) is 0 Å². The van der Waals surface area contributed by atoms with Crippen LogP contribution in [0.2, 0.25) is 0 Å². The first-order chi connectivity index (χ1) is 7.86. The molecule has 16 heavy (non-hydrogen) atoms. The second kappa shape index (κ2) is 5.30. The van der Waals surface area contributed by atoms with Crippen molar-refractivity contribution >= 4 is 22.7 Å². The summed E-state index contributed by atoms with van der Waals surface area (Å²) in [6.07, 6.45) is 3.89. The van der Waals surface area contributed by atoms with Gasteiger partial charge in [-0.25, -0.2) is 0 Å². The lowest BCUT2D eigenvalue weighted by Gasteiger charge is -2.16. The molecule has 3 nitrogen and oxygen atoms in total. The average Bonchev–Trinajstić information content (AvgIpc) is 2.35. The topological polar surface area (TPSA) is 50.9 Å². The zero-order chi connectivity index (χ0) is 11.4. The quantitative estimate of drug-likeness (QED) is 0.627. The van der Waals surface area contributed by atoms with Crippen LogP contribution in [0.4, 0.5) is 0 Å². The molecule has 0 aliphatic rings. The van der Waals surface area contributed by atoms with Gasteiger partial charge in [-0.3, -0.25) is 16.3 Å². The molecule has 2 aromatic rings. The Morgan fingerprint density at radius 2 is 2.19 bits per heavy atom. The lowest BCUT2D eigenvalue weighted by Crippen LogP contribution is -2.29. The van der Waals surface area contributed by atoms with Crippen LogP contribution in [-0.4, -0.2) is 17.0 Å². The van der Waals surface area contributed by atoms with Crippen molar-refractivity contribution in [1.29, 1.82) is 0 Å². The summed E-state index contributed by atoms with van der Waals surface area (Å²) in [6, 6.07) is 10.4. The normalized spacial score (nSPS) is 12.9. The number of pyridine rings is 1. The average molecular weight is 233 g/mol. The number of para-hydroxylation sites is 1. The van der Waals surface area contributed by atoms with Gasteiger partial charge >= 0.3 is 0 Å². The van der Waals surface area contributed by atoms with E-state index in [9.17, 15) is 0 Å². The number of thioether (sulfide) groups is 1. The number of nitrogens with one attached hydrogen (secondary N) is 1. The molecule has 0 radical (unpaired) electrons. The molecule has 0 aliphatic carbocycles. The van der Waals surface area contributed by atoms with Crippen molar-refractivity contribution < 1.29 is 0 Å². The first-order valence-electron chi connectivity index (χ1n) is 5.15. The fourth-order valence-electron chi connectivity index (χ4n) is 1.80. The predicted octanol–water partition coefficient (Wildman–Crippen LogP) is 2.10. The molecule has 84 valence electrons. The molecule has 0 amide bonds. The highest BCUT2D eigenvalue weighted by Crippen LogP contribution is 2.23. The number of hydrazine groups is 1. The van der Waals surface area contributed by atoms with Crippen LogP contribution in [0.1, 0.15) is 11.6 Å². The molecule has 1 aromatic carbocycles. The Bertz CT molecular complexity index is 467. The summed E-state index contributed by atoms with van der Waals surface area (Å²) in [5.74, 6) is 6.53. The maximum atomic E-state index is 5.59. The van der Waals surface area contributed by atoms with Gasteiger partial charge in [-0.15, -0.1) is 0 Å². The van der Waals surface area contributed by atoms with Crippen molar-refractivity contribution in [2.45, 2.75) is 6.04 Å². The molecule has 2 rings (SSSR count). The lowest BCUT2D eigenvalue weighted by molar-refractivity contribution is 0.614. The van der Waals surface area contributed by atoms with E-state index in [1.54, 1.807) is 11.8 Å². The molecule has 0 bridgehead atoms. The second-order valence-corrected chi connectivity index (χ2v) is 4.51. The van der Waals surface area contributed by atoms with E-state index in [0.29, 0.717) is 0 Å². The Morgan fingerprint density at radius 1 is 1.38 bits per heavy atom. The van der Waals surface area contributed by atoms with Crippen molar-refractivity contribution in [1.82, 2.24) is 10.4 Å². The summed E-state index contributed by atoms with van der Waals surface area (Å²) in [4.78, 5) is 4.43. The SMILES string of the molecule is CSCC(NN)c1cccc2cccnc12. The molecule has 0 saturated heterocycles.